The monoisotopic (exact) mass is 412 g/mol. The summed E-state index contributed by atoms with van der Waals surface area (Å²) >= 11 is 0. The fraction of sp³-hybridized carbons (Fsp3) is 0.793. The van der Waals surface area contributed by atoms with Gasteiger partial charge in [-0.15, -0.1) is 0 Å². The zero-order valence-corrected chi connectivity index (χ0v) is 20.6. The van der Waals surface area contributed by atoms with Gasteiger partial charge < -0.3 is 5.11 Å². The van der Waals surface area contributed by atoms with Crippen molar-refractivity contribution in [2.24, 2.45) is 35.0 Å². The van der Waals surface area contributed by atoms with E-state index in [9.17, 15) is 5.11 Å². The number of aliphatic hydroxyl groups is 1. The molecular formula is C29H48O. The predicted octanol–water partition coefficient (Wildman–Crippen LogP) is 8.26. The molecule has 3 aliphatic rings. The molecule has 0 radical (unpaired) electrons. The van der Waals surface area contributed by atoms with E-state index in [1.807, 2.05) is 0 Å². The van der Waals surface area contributed by atoms with E-state index in [2.05, 4.69) is 53.3 Å². The number of fused-ring (bicyclic) bond motifs is 1. The Balaban J connectivity index is 1.69. The summed E-state index contributed by atoms with van der Waals surface area (Å²) < 4.78 is 0. The molecule has 0 aromatic carbocycles. The lowest BCUT2D eigenvalue weighted by molar-refractivity contribution is 0.0900. The lowest BCUT2D eigenvalue weighted by Gasteiger charge is -2.44. The second kappa shape index (κ2) is 10.2. The molecule has 1 nitrogen and oxygen atoms in total. The molecular weight excluding hydrogens is 364 g/mol. The number of hydrogen-bond acceptors (Lipinski definition) is 1. The van der Waals surface area contributed by atoms with Crippen molar-refractivity contribution in [3.63, 3.8) is 0 Å². The number of rotatable bonds is 7. The van der Waals surface area contributed by atoms with E-state index in [0.717, 1.165) is 48.9 Å². The first kappa shape index (κ1) is 23.8. The normalized spacial score (nSPS) is 37.0. The SMILES string of the molecule is C=C1CCC(O)C/C1=C/C=C1\CCC[C@]2(C)[C@@H]([C@H](C)CC[C@H](CC)C(C)C)CC[C@@H]12. The molecule has 0 aromatic rings. The van der Waals surface area contributed by atoms with Crippen LogP contribution in [0.5, 0.6) is 0 Å². The third-order valence-corrected chi connectivity index (χ3v) is 9.37. The van der Waals surface area contributed by atoms with E-state index in [1.165, 1.54) is 62.5 Å². The molecule has 0 aliphatic heterocycles. The average molecular weight is 413 g/mol. The fourth-order valence-corrected chi connectivity index (χ4v) is 7.30. The van der Waals surface area contributed by atoms with Crippen molar-refractivity contribution in [3.8, 4) is 0 Å². The molecule has 0 bridgehead atoms. The van der Waals surface area contributed by atoms with E-state index in [4.69, 9.17) is 0 Å². The van der Waals surface area contributed by atoms with Gasteiger partial charge in [-0.3, -0.25) is 0 Å². The maximum atomic E-state index is 10.1. The molecule has 1 heteroatoms. The van der Waals surface area contributed by atoms with Crippen LogP contribution in [0.4, 0.5) is 0 Å². The van der Waals surface area contributed by atoms with Crippen molar-refractivity contribution >= 4 is 0 Å². The van der Waals surface area contributed by atoms with Crippen LogP contribution in [0.15, 0.2) is 35.5 Å². The molecule has 0 spiro atoms. The van der Waals surface area contributed by atoms with Crippen LogP contribution in [0.25, 0.3) is 0 Å². The van der Waals surface area contributed by atoms with Gasteiger partial charge in [0, 0.05) is 0 Å². The number of allylic oxidation sites excluding steroid dienone is 4. The summed E-state index contributed by atoms with van der Waals surface area (Å²) in [4.78, 5) is 0. The second-order valence-corrected chi connectivity index (χ2v) is 11.5. The van der Waals surface area contributed by atoms with E-state index >= 15 is 0 Å². The summed E-state index contributed by atoms with van der Waals surface area (Å²) in [6, 6.07) is 0. The molecule has 0 saturated heterocycles. The maximum absolute atomic E-state index is 10.1. The molecule has 1 unspecified atom stereocenters. The fourth-order valence-electron chi connectivity index (χ4n) is 7.30. The first-order valence-electron chi connectivity index (χ1n) is 13.0. The quantitative estimate of drug-likeness (QED) is 0.446. The van der Waals surface area contributed by atoms with Crippen molar-refractivity contribution in [2.45, 2.75) is 111 Å². The highest BCUT2D eigenvalue weighted by Crippen LogP contribution is 2.60. The van der Waals surface area contributed by atoms with Crippen molar-refractivity contribution in [2.75, 3.05) is 0 Å². The van der Waals surface area contributed by atoms with Gasteiger partial charge in [0.1, 0.15) is 0 Å². The van der Waals surface area contributed by atoms with Gasteiger partial charge in [-0.05, 0) is 98.4 Å². The number of aliphatic hydroxyl groups excluding tert-OH is 1. The minimum atomic E-state index is -0.175. The van der Waals surface area contributed by atoms with Crippen molar-refractivity contribution in [1.29, 1.82) is 0 Å². The smallest absolute Gasteiger partial charge is 0.0583 e. The first-order valence-corrected chi connectivity index (χ1v) is 13.0. The summed E-state index contributed by atoms with van der Waals surface area (Å²) in [7, 11) is 0. The van der Waals surface area contributed by atoms with Gasteiger partial charge in [0.15, 0.2) is 0 Å². The molecule has 6 atom stereocenters. The molecule has 170 valence electrons. The third kappa shape index (κ3) is 5.14. The summed E-state index contributed by atoms with van der Waals surface area (Å²) in [5, 5.41) is 10.1. The molecule has 3 aliphatic carbocycles. The van der Waals surface area contributed by atoms with Crippen LogP contribution >= 0.6 is 0 Å². The number of hydrogen-bond donors (Lipinski definition) is 1. The van der Waals surface area contributed by atoms with E-state index < -0.39 is 0 Å². The summed E-state index contributed by atoms with van der Waals surface area (Å²) in [5.74, 6) is 4.21. The molecule has 0 aromatic heterocycles. The van der Waals surface area contributed by atoms with Crippen LogP contribution < -0.4 is 0 Å². The highest BCUT2D eigenvalue weighted by atomic mass is 16.3. The lowest BCUT2D eigenvalue weighted by Crippen LogP contribution is -2.36. The van der Waals surface area contributed by atoms with E-state index in [-0.39, 0.29) is 6.10 Å². The van der Waals surface area contributed by atoms with Gasteiger partial charge in [-0.2, -0.15) is 0 Å². The Morgan fingerprint density at radius 3 is 2.57 bits per heavy atom. The minimum Gasteiger partial charge on any atom is -0.393 e. The molecule has 3 fully saturated rings. The Hall–Kier alpha value is -0.820. The van der Waals surface area contributed by atoms with E-state index in [1.54, 1.807) is 5.57 Å². The van der Waals surface area contributed by atoms with Gasteiger partial charge in [-0.25, -0.2) is 0 Å². The molecule has 0 heterocycles. The van der Waals surface area contributed by atoms with Gasteiger partial charge >= 0.3 is 0 Å². The van der Waals surface area contributed by atoms with Gasteiger partial charge in [0.05, 0.1) is 6.10 Å². The highest BCUT2D eigenvalue weighted by Gasteiger charge is 2.50. The summed E-state index contributed by atoms with van der Waals surface area (Å²) in [5.41, 5.74) is 4.71. The standard InChI is InChI=1S/C29H48O/c1-7-23(20(2)3)12-10-22(5)27-16-17-28-24(9-8-18-29(27,28)6)13-14-25-19-26(30)15-11-21(25)4/h13-14,20,22-23,26-28,30H,4,7-12,15-19H2,1-3,5-6H3/b24-13+,25-14-/t22-,23+,26?,27-,28+,29-/m1/s1. The molecule has 30 heavy (non-hydrogen) atoms. The summed E-state index contributed by atoms with van der Waals surface area (Å²) in [6.07, 6.45) is 18.2. The van der Waals surface area contributed by atoms with Crippen molar-refractivity contribution < 1.29 is 5.11 Å². The Bertz CT molecular complexity index is 653. The van der Waals surface area contributed by atoms with Crippen molar-refractivity contribution in [1.82, 2.24) is 0 Å². The van der Waals surface area contributed by atoms with Crippen LogP contribution in [-0.4, -0.2) is 11.2 Å². The average Bonchev–Trinajstić information content (AvgIpc) is 3.06. The minimum absolute atomic E-state index is 0.175. The first-order chi connectivity index (χ1) is 14.3. The molecule has 1 N–H and O–H groups in total. The molecule has 3 saturated carbocycles. The highest BCUT2D eigenvalue weighted by molar-refractivity contribution is 5.36. The zero-order chi connectivity index (χ0) is 21.9. The Morgan fingerprint density at radius 2 is 1.87 bits per heavy atom. The maximum Gasteiger partial charge on any atom is 0.0583 e. The van der Waals surface area contributed by atoms with Gasteiger partial charge in [0.25, 0.3) is 0 Å². The van der Waals surface area contributed by atoms with Crippen molar-refractivity contribution in [3.05, 3.63) is 35.5 Å². The Morgan fingerprint density at radius 1 is 1.10 bits per heavy atom. The Kier molecular flexibility index (Phi) is 8.10. The van der Waals surface area contributed by atoms with Crippen LogP contribution in [0.3, 0.4) is 0 Å². The van der Waals surface area contributed by atoms with Crippen LogP contribution in [0, 0.1) is 35.0 Å². The zero-order valence-electron chi connectivity index (χ0n) is 20.6. The van der Waals surface area contributed by atoms with E-state index in [0.29, 0.717) is 5.41 Å². The lowest BCUT2D eigenvalue weighted by atomic mass is 9.60. The predicted molar refractivity (Wildman–Crippen MR) is 130 cm³/mol. The second-order valence-electron chi connectivity index (χ2n) is 11.5. The van der Waals surface area contributed by atoms with Crippen LogP contribution in [0.1, 0.15) is 105 Å². The molecule has 3 rings (SSSR count). The summed E-state index contributed by atoms with van der Waals surface area (Å²) in [6.45, 7) is 16.6. The van der Waals surface area contributed by atoms with Crippen LogP contribution in [-0.2, 0) is 0 Å². The van der Waals surface area contributed by atoms with Gasteiger partial charge in [0.2, 0.25) is 0 Å². The topological polar surface area (TPSA) is 20.2 Å². The third-order valence-electron chi connectivity index (χ3n) is 9.37. The Labute approximate surface area is 187 Å². The van der Waals surface area contributed by atoms with Crippen LogP contribution in [0.2, 0.25) is 0 Å². The van der Waals surface area contributed by atoms with Gasteiger partial charge in [-0.1, -0.05) is 77.3 Å². The molecule has 0 amide bonds. The largest absolute Gasteiger partial charge is 0.393 e.